The van der Waals surface area contributed by atoms with E-state index in [1.807, 2.05) is 30.5 Å². The molecule has 3 heterocycles. The summed E-state index contributed by atoms with van der Waals surface area (Å²) in [5.74, 6) is -0.818. The van der Waals surface area contributed by atoms with E-state index in [1.165, 1.54) is 22.0 Å². The number of fused-ring (bicyclic) bond motifs is 1. The first-order chi connectivity index (χ1) is 19.2. The quantitative estimate of drug-likeness (QED) is 0.248. The molecule has 10 heteroatoms. The van der Waals surface area contributed by atoms with Crippen LogP contribution >= 0.6 is 23.1 Å². The summed E-state index contributed by atoms with van der Waals surface area (Å²) in [5, 5.41) is 9.54. The fourth-order valence-electron chi connectivity index (χ4n) is 4.55. The number of aromatic carboxylic acids is 1. The number of furan rings is 1. The predicted molar refractivity (Wildman–Crippen MR) is 154 cm³/mol. The molecule has 0 saturated carbocycles. The van der Waals surface area contributed by atoms with Crippen LogP contribution in [0.1, 0.15) is 48.5 Å². The molecule has 0 bridgehead atoms. The predicted octanol–water partition coefficient (Wildman–Crippen LogP) is 4.87. The second-order valence-corrected chi connectivity index (χ2v) is 11.3. The smallest absolute Gasteiger partial charge is 0.338 e. The Morgan fingerprint density at radius 2 is 1.85 bits per heavy atom. The van der Waals surface area contributed by atoms with E-state index in [-0.39, 0.29) is 17.2 Å². The summed E-state index contributed by atoms with van der Waals surface area (Å²) < 4.78 is 13.4. The summed E-state index contributed by atoms with van der Waals surface area (Å²) in [5.41, 5.74) is 1.80. The van der Waals surface area contributed by atoms with Gasteiger partial charge in [0.1, 0.15) is 11.5 Å². The molecular weight excluding hydrogens is 548 g/mol. The maximum absolute atomic E-state index is 13.8. The largest absolute Gasteiger partial charge is 0.478 e. The first kappa shape index (κ1) is 27.4. The number of thioether (sulfide) groups is 1. The summed E-state index contributed by atoms with van der Waals surface area (Å²) in [6.45, 7) is 5.30. The summed E-state index contributed by atoms with van der Waals surface area (Å²) in [4.78, 5) is 44.8. The Morgan fingerprint density at radius 1 is 1.12 bits per heavy atom. The number of nitrogens with zero attached hydrogens (tertiary/aromatic N) is 2. The van der Waals surface area contributed by atoms with E-state index in [1.54, 1.807) is 68.9 Å². The van der Waals surface area contributed by atoms with Gasteiger partial charge in [0.15, 0.2) is 4.80 Å². The van der Waals surface area contributed by atoms with Crippen molar-refractivity contribution in [1.29, 1.82) is 0 Å². The molecule has 0 unspecified atom stereocenters. The molecule has 2 aromatic heterocycles. The van der Waals surface area contributed by atoms with Gasteiger partial charge in [-0.3, -0.25) is 9.36 Å². The number of carboxylic acid groups (broad SMARTS) is 1. The van der Waals surface area contributed by atoms with E-state index in [0.29, 0.717) is 37.7 Å². The summed E-state index contributed by atoms with van der Waals surface area (Å²) in [6, 6.07) is 16.9. The van der Waals surface area contributed by atoms with Crippen molar-refractivity contribution in [3.63, 3.8) is 0 Å². The molecule has 1 aliphatic heterocycles. The fourth-order valence-corrected chi connectivity index (χ4v) is 5.99. The van der Waals surface area contributed by atoms with Crippen molar-refractivity contribution >= 4 is 41.1 Å². The van der Waals surface area contributed by atoms with Crippen molar-refractivity contribution in [2.75, 3.05) is 6.26 Å². The monoisotopic (exact) mass is 574 g/mol. The standard InChI is InChI=1S/C30H26N2O6S2/c1-16(2)37-29(36)25-17(3)31-30-32(26(25)18-9-12-20(39-4)13-10-18)27(33)24(40-30)15-19-11-14-23(38-19)21-7-5-6-8-22(21)28(34)35/h5-16,26H,1-4H3,(H,34,35)/b24-15-/t26-/m1/s1. The van der Waals surface area contributed by atoms with E-state index in [2.05, 4.69) is 4.99 Å². The minimum atomic E-state index is -1.06. The summed E-state index contributed by atoms with van der Waals surface area (Å²) in [6.07, 6.45) is 3.25. The fraction of sp³-hybridized carbons (Fsp3) is 0.200. The highest BCUT2D eigenvalue weighted by Crippen LogP contribution is 2.32. The highest BCUT2D eigenvalue weighted by atomic mass is 32.2. The Kier molecular flexibility index (Phi) is 7.64. The van der Waals surface area contributed by atoms with Crippen molar-refractivity contribution in [2.45, 2.75) is 37.8 Å². The molecule has 40 heavy (non-hydrogen) atoms. The molecule has 1 aliphatic rings. The average molecular weight is 575 g/mol. The number of aromatic nitrogens is 1. The summed E-state index contributed by atoms with van der Waals surface area (Å²) in [7, 11) is 0. The number of thiazole rings is 1. The molecule has 8 nitrogen and oxygen atoms in total. The van der Waals surface area contributed by atoms with E-state index in [4.69, 9.17) is 9.15 Å². The van der Waals surface area contributed by atoms with Gasteiger partial charge in [0, 0.05) is 16.5 Å². The minimum Gasteiger partial charge on any atom is -0.478 e. The molecule has 1 atom stereocenters. The normalized spacial score (nSPS) is 15.2. The van der Waals surface area contributed by atoms with E-state index in [9.17, 15) is 19.5 Å². The van der Waals surface area contributed by atoms with Gasteiger partial charge >= 0.3 is 11.9 Å². The Labute approximate surface area is 238 Å². The Hall–Kier alpha value is -4.15. The highest BCUT2D eigenvalue weighted by Gasteiger charge is 2.33. The molecule has 0 amide bonds. The number of benzene rings is 2. The van der Waals surface area contributed by atoms with Gasteiger partial charge in [-0.2, -0.15) is 0 Å². The molecule has 0 spiro atoms. The first-order valence-corrected chi connectivity index (χ1v) is 14.5. The lowest BCUT2D eigenvalue weighted by molar-refractivity contribution is -0.143. The minimum absolute atomic E-state index is 0.117. The lowest BCUT2D eigenvalue weighted by Gasteiger charge is -2.25. The van der Waals surface area contributed by atoms with Crippen LogP contribution in [0, 0.1) is 0 Å². The van der Waals surface area contributed by atoms with Crippen molar-refractivity contribution < 1.29 is 23.8 Å². The van der Waals surface area contributed by atoms with Crippen LogP contribution in [-0.2, 0) is 9.53 Å². The third kappa shape index (κ3) is 5.20. The molecule has 1 N–H and O–H groups in total. The number of rotatable bonds is 7. The number of carbonyl (C=O) groups excluding carboxylic acids is 1. The molecule has 5 rings (SSSR count). The lowest BCUT2D eigenvalue weighted by atomic mass is 9.96. The first-order valence-electron chi connectivity index (χ1n) is 12.5. The highest BCUT2D eigenvalue weighted by molar-refractivity contribution is 7.98. The van der Waals surface area contributed by atoms with Crippen molar-refractivity contribution in [3.8, 4) is 11.3 Å². The summed E-state index contributed by atoms with van der Waals surface area (Å²) >= 11 is 2.79. The van der Waals surface area contributed by atoms with Gasteiger partial charge in [-0.25, -0.2) is 14.6 Å². The van der Waals surface area contributed by atoms with Gasteiger partial charge < -0.3 is 14.3 Å². The van der Waals surface area contributed by atoms with Gasteiger partial charge in [-0.05, 0) is 62.9 Å². The molecule has 0 saturated heterocycles. The SMILES string of the molecule is CSc1ccc([C@@H]2C(C(=O)OC(C)C)=C(C)N=c3s/c(=C\c4ccc(-c5ccccc5C(=O)O)o4)c(=O)n32)cc1. The maximum atomic E-state index is 13.8. The number of allylic oxidation sites excluding steroid dienone is 1. The molecule has 204 valence electrons. The van der Waals surface area contributed by atoms with E-state index >= 15 is 0 Å². The second kappa shape index (κ2) is 11.1. The van der Waals surface area contributed by atoms with Gasteiger partial charge in [-0.15, -0.1) is 11.8 Å². The third-order valence-corrected chi connectivity index (χ3v) is 8.07. The van der Waals surface area contributed by atoms with Crippen molar-refractivity contribution in [1.82, 2.24) is 4.57 Å². The van der Waals surface area contributed by atoms with Crippen LogP contribution in [0.4, 0.5) is 0 Å². The van der Waals surface area contributed by atoms with Crippen LogP contribution in [0.15, 0.2) is 91.0 Å². The third-order valence-electron chi connectivity index (χ3n) is 6.34. The Bertz CT molecular complexity index is 1830. The number of hydrogen-bond donors (Lipinski definition) is 1. The number of hydrogen-bond acceptors (Lipinski definition) is 8. The molecule has 0 radical (unpaired) electrons. The number of carboxylic acids is 1. The molecule has 0 fully saturated rings. The van der Waals surface area contributed by atoms with Gasteiger partial charge in [0.2, 0.25) is 0 Å². The maximum Gasteiger partial charge on any atom is 0.338 e. The lowest BCUT2D eigenvalue weighted by Crippen LogP contribution is -2.40. The molecule has 0 aliphatic carbocycles. The van der Waals surface area contributed by atoms with Crippen LogP contribution in [0.2, 0.25) is 0 Å². The van der Waals surface area contributed by atoms with E-state index in [0.717, 1.165) is 10.5 Å². The number of esters is 1. The van der Waals surface area contributed by atoms with Crippen LogP contribution < -0.4 is 14.9 Å². The zero-order valence-electron chi connectivity index (χ0n) is 22.2. The Morgan fingerprint density at radius 3 is 2.52 bits per heavy atom. The number of ether oxygens (including phenoxy) is 1. The van der Waals surface area contributed by atoms with Crippen LogP contribution in [0.25, 0.3) is 17.4 Å². The molecule has 2 aromatic carbocycles. The molecule has 4 aromatic rings. The Balaban J connectivity index is 1.63. The molecular formula is C30H26N2O6S2. The van der Waals surface area contributed by atoms with Crippen molar-refractivity contribution in [3.05, 3.63) is 109 Å². The topological polar surface area (TPSA) is 111 Å². The van der Waals surface area contributed by atoms with Gasteiger partial charge in [0.25, 0.3) is 5.56 Å². The van der Waals surface area contributed by atoms with Crippen molar-refractivity contribution in [2.24, 2.45) is 4.99 Å². The van der Waals surface area contributed by atoms with Gasteiger partial charge in [-0.1, -0.05) is 41.7 Å². The number of carbonyl (C=O) groups is 2. The van der Waals surface area contributed by atoms with Gasteiger partial charge in [0.05, 0.1) is 33.5 Å². The second-order valence-electron chi connectivity index (χ2n) is 9.36. The zero-order valence-corrected chi connectivity index (χ0v) is 23.8. The van der Waals surface area contributed by atoms with Crippen LogP contribution in [-0.4, -0.2) is 34.0 Å². The van der Waals surface area contributed by atoms with Crippen LogP contribution in [0.3, 0.4) is 0 Å². The van der Waals surface area contributed by atoms with Crippen LogP contribution in [0.5, 0.6) is 0 Å². The zero-order chi connectivity index (χ0) is 28.6. The average Bonchev–Trinajstić information content (AvgIpc) is 3.51. The van der Waals surface area contributed by atoms with E-state index < -0.39 is 18.0 Å².